The Labute approximate surface area is 128 Å². The van der Waals surface area contributed by atoms with Gasteiger partial charge in [-0.3, -0.25) is 15.1 Å². The van der Waals surface area contributed by atoms with Gasteiger partial charge in [0.05, 0.1) is 11.4 Å². The Kier molecular flexibility index (Phi) is 5.41. The Hall–Kier alpha value is -1.79. The Morgan fingerprint density at radius 1 is 1.43 bits per heavy atom. The van der Waals surface area contributed by atoms with Gasteiger partial charge in [0.15, 0.2) is 0 Å². The van der Waals surface area contributed by atoms with Crippen LogP contribution in [0.1, 0.15) is 26.0 Å². The molecule has 2 aromatic heterocycles. The van der Waals surface area contributed by atoms with Crippen molar-refractivity contribution in [2.45, 2.75) is 32.9 Å². The van der Waals surface area contributed by atoms with E-state index in [1.54, 1.807) is 6.20 Å². The second-order valence-electron chi connectivity index (χ2n) is 5.26. The van der Waals surface area contributed by atoms with Crippen LogP contribution in [-0.4, -0.2) is 27.1 Å². The molecular weight excluding hydrogens is 286 g/mol. The van der Waals surface area contributed by atoms with Crippen LogP contribution in [0.2, 0.25) is 0 Å². The summed E-state index contributed by atoms with van der Waals surface area (Å²) in [5.74, 6) is -0.484. The maximum atomic E-state index is 11.2. The number of nitrogens with one attached hydrogen (secondary N) is 1. The minimum absolute atomic E-state index is 0.332. The van der Waals surface area contributed by atoms with Gasteiger partial charge in [-0.2, -0.15) is 0 Å². The SMILES string of the molecule is CC(C)C[C@H](NCc1csc(-c2ccccn2)n1)C(=O)O. The quantitative estimate of drug-likeness (QED) is 0.822. The molecule has 1 atom stereocenters. The summed E-state index contributed by atoms with van der Waals surface area (Å²) in [6.45, 7) is 4.48. The van der Waals surface area contributed by atoms with E-state index in [9.17, 15) is 9.90 Å². The summed E-state index contributed by atoms with van der Waals surface area (Å²) in [5.41, 5.74) is 1.68. The van der Waals surface area contributed by atoms with E-state index in [1.807, 2.05) is 37.4 Å². The molecule has 0 saturated carbocycles. The van der Waals surface area contributed by atoms with E-state index in [2.05, 4.69) is 15.3 Å². The zero-order valence-corrected chi connectivity index (χ0v) is 12.9. The van der Waals surface area contributed by atoms with Gasteiger partial charge in [-0.05, 0) is 24.5 Å². The average Bonchev–Trinajstić information content (AvgIpc) is 2.92. The molecule has 0 aliphatic rings. The topological polar surface area (TPSA) is 75.1 Å². The summed E-state index contributed by atoms with van der Waals surface area (Å²) in [4.78, 5) is 19.9. The minimum atomic E-state index is -0.816. The van der Waals surface area contributed by atoms with Crippen LogP contribution in [0.3, 0.4) is 0 Å². The molecule has 0 unspecified atom stereocenters. The summed E-state index contributed by atoms with van der Waals surface area (Å²) in [5, 5.41) is 15.0. The van der Waals surface area contributed by atoms with Crippen LogP contribution < -0.4 is 5.32 Å². The van der Waals surface area contributed by atoms with Crippen molar-refractivity contribution in [2.75, 3.05) is 0 Å². The van der Waals surface area contributed by atoms with Crippen LogP contribution in [0.5, 0.6) is 0 Å². The lowest BCUT2D eigenvalue weighted by Gasteiger charge is -2.15. The van der Waals surface area contributed by atoms with E-state index < -0.39 is 12.0 Å². The molecule has 6 heteroatoms. The molecule has 21 heavy (non-hydrogen) atoms. The predicted molar refractivity (Wildman–Crippen MR) is 83.1 cm³/mol. The van der Waals surface area contributed by atoms with Gasteiger partial charge in [-0.15, -0.1) is 11.3 Å². The minimum Gasteiger partial charge on any atom is -0.480 e. The number of hydrogen-bond donors (Lipinski definition) is 2. The zero-order valence-electron chi connectivity index (χ0n) is 12.1. The first-order chi connectivity index (χ1) is 10.1. The van der Waals surface area contributed by atoms with E-state index in [-0.39, 0.29) is 0 Å². The fraction of sp³-hybridized carbons (Fsp3) is 0.400. The maximum Gasteiger partial charge on any atom is 0.320 e. The van der Waals surface area contributed by atoms with Gasteiger partial charge in [0, 0.05) is 18.1 Å². The predicted octanol–water partition coefficient (Wildman–Crippen LogP) is 2.79. The summed E-state index contributed by atoms with van der Waals surface area (Å²) in [7, 11) is 0. The van der Waals surface area contributed by atoms with Crippen LogP contribution in [0.15, 0.2) is 29.8 Å². The summed E-state index contributed by atoms with van der Waals surface area (Å²) < 4.78 is 0. The third kappa shape index (κ3) is 4.61. The van der Waals surface area contributed by atoms with E-state index in [0.717, 1.165) is 16.4 Å². The lowest BCUT2D eigenvalue weighted by atomic mass is 10.0. The van der Waals surface area contributed by atoms with Crippen molar-refractivity contribution < 1.29 is 9.90 Å². The molecule has 0 aliphatic carbocycles. The summed E-state index contributed by atoms with van der Waals surface area (Å²) in [6, 6.07) is 5.16. The standard InChI is InChI=1S/C15H19N3O2S/c1-10(2)7-13(15(19)20)17-8-11-9-21-14(18-11)12-5-3-4-6-16-12/h3-6,9-10,13,17H,7-8H2,1-2H3,(H,19,20)/t13-/m0/s1. The first-order valence-electron chi connectivity index (χ1n) is 6.88. The number of carboxylic acid groups (broad SMARTS) is 1. The van der Waals surface area contributed by atoms with Crippen molar-refractivity contribution in [2.24, 2.45) is 5.92 Å². The van der Waals surface area contributed by atoms with Crippen molar-refractivity contribution in [3.63, 3.8) is 0 Å². The molecule has 2 aromatic rings. The van der Waals surface area contributed by atoms with E-state index in [1.165, 1.54) is 11.3 Å². The second-order valence-corrected chi connectivity index (χ2v) is 6.12. The first-order valence-corrected chi connectivity index (χ1v) is 7.76. The largest absolute Gasteiger partial charge is 0.480 e. The van der Waals surface area contributed by atoms with E-state index in [0.29, 0.717) is 18.9 Å². The highest BCUT2D eigenvalue weighted by molar-refractivity contribution is 7.13. The van der Waals surface area contributed by atoms with Crippen molar-refractivity contribution in [1.82, 2.24) is 15.3 Å². The summed E-state index contributed by atoms with van der Waals surface area (Å²) in [6.07, 6.45) is 2.34. The van der Waals surface area contributed by atoms with Gasteiger partial charge >= 0.3 is 5.97 Å². The lowest BCUT2D eigenvalue weighted by molar-refractivity contribution is -0.140. The van der Waals surface area contributed by atoms with E-state index >= 15 is 0 Å². The highest BCUT2D eigenvalue weighted by atomic mass is 32.1. The number of thiazole rings is 1. The number of carbonyl (C=O) groups is 1. The molecule has 0 aliphatic heterocycles. The Balaban J connectivity index is 1.98. The Bertz CT molecular complexity index is 584. The molecule has 0 fully saturated rings. The molecule has 2 N–H and O–H groups in total. The third-order valence-electron chi connectivity index (χ3n) is 2.97. The number of aliphatic carboxylic acids is 1. The fourth-order valence-electron chi connectivity index (χ4n) is 1.97. The van der Waals surface area contributed by atoms with Gasteiger partial charge in [0.1, 0.15) is 11.0 Å². The Morgan fingerprint density at radius 2 is 2.24 bits per heavy atom. The smallest absolute Gasteiger partial charge is 0.320 e. The maximum absolute atomic E-state index is 11.2. The molecule has 5 nitrogen and oxygen atoms in total. The molecule has 112 valence electrons. The molecule has 2 heterocycles. The lowest BCUT2D eigenvalue weighted by Crippen LogP contribution is -2.37. The van der Waals surface area contributed by atoms with Crippen molar-refractivity contribution in [1.29, 1.82) is 0 Å². The molecule has 0 saturated heterocycles. The van der Waals surface area contributed by atoms with Crippen molar-refractivity contribution in [3.8, 4) is 10.7 Å². The number of carboxylic acids is 1. The second kappa shape index (κ2) is 7.28. The van der Waals surface area contributed by atoms with Crippen LogP contribution in [0.25, 0.3) is 10.7 Å². The third-order valence-corrected chi connectivity index (χ3v) is 3.88. The average molecular weight is 305 g/mol. The number of aromatic nitrogens is 2. The monoisotopic (exact) mass is 305 g/mol. The van der Waals surface area contributed by atoms with E-state index in [4.69, 9.17) is 0 Å². The highest BCUT2D eigenvalue weighted by Gasteiger charge is 2.18. The van der Waals surface area contributed by atoms with Gasteiger partial charge in [0.2, 0.25) is 0 Å². The van der Waals surface area contributed by atoms with Gasteiger partial charge < -0.3 is 5.11 Å². The molecule has 0 spiro atoms. The Morgan fingerprint density at radius 3 is 2.86 bits per heavy atom. The van der Waals surface area contributed by atoms with Crippen LogP contribution in [-0.2, 0) is 11.3 Å². The van der Waals surface area contributed by atoms with Gasteiger partial charge in [-0.25, -0.2) is 4.98 Å². The molecule has 2 rings (SSSR count). The molecule has 0 aromatic carbocycles. The van der Waals surface area contributed by atoms with Gasteiger partial charge in [0.25, 0.3) is 0 Å². The summed E-state index contributed by atoms with van der Waals surface area (Å²) >= 11 is 1.52. The first kappa shape index (κ1) is 15.6. The molecule has 0 radical (unpaired) electrons. The van der Waals surface area contributed by atoms with Crippen LogP contribution in [0.4, 0.5) is 0 Å². The van der Waals surface area contributed by atoms with Gasteiger partial charge in [-0.1, -0.05) is 19.9 Å². The fourth-order valence-corrected chi connectivity index (χ4v) is 2.76. The normalized spacial score (nSPS) is 12.5. The van der Waals surface area contributed by atoms with Crippen LogP contribution >= 0.6 is 11.3 Å². The van der Waals surface area contributed by atoms with Crippen molar-refractivity contribution >= 4 is 17.3 Å². The highest BCUT2D eigenvalue weighted by Crippen LogP contribution is 2.21. The number of nitrogens with zero attached hydrogens (tertiary/aromatic N) is 2. The molecule has 0 amide bonds. The number of hydrogen-bond acceptors (Lipinski definition) is 5. The van der Waals surface area contributed by atoms with Crippen LogP contribution in [0, 0.1) is 5.92 Å². The number of rotatable bonds is 7. The zero-order chi connectivity index (χ0) is 15.2. The molecular formula is C15H19N3O2S. The number of pyridine rings is 1. The molecule has 0 bridgehead atoms. The van der Waals surface area contributed by atoms with Crippen molar-refractivity contribution in [3.05, 3.63) is 35.5 Å².